The molecule has 0 spiro atoms. The molecule has 1 amide bonds. The molecule has 0 bridgehead atoms. The van der Waals surface area contributed by atoms with Crippen LogP contribution in [0.1, 0.15) is 18.5 Å². The summed E-state index contributed by atoms with van der Waals surface area (Å²) in [5.41, 5.74) is 6.90. The summed E-state index contributed by atoms with van der Waals surface area (Å²) in [6, 6.07) is 7.57. The standard InChI is InChI=1S/C13H16N4O/c1-9-4-5-10-6-7-11(17-13(10)15-9)16-12(18)3-2-8-14/h4-7H,2-3,8,14H2,1H3,(H,15,16,17,18). The number of nitrogens with one attached hydrogen (secondary N) is 1. The van der Waals surface area contributed by atoms with Crippen LogP contribution in [0.3, 0.4) is 0 Å². The molecule has 3 N–H and O–H groups in total. The Labute approximate surface area is 105 Å². The van der Waals surface area contributed by atoms with Crippen molar-refractivity contribution < 1.29 is 4.79 Å². The van der Waals surface area contributed by atoms with Gasteiger partial charge in [-0.05, 0) is 44.2 Å². The molecule has 0 aliphatic rings. The van der Waals surface area contributed by atoms with Gasteiger partial charge in [0.15, 0.2) is 5.65 Å². The lowest BCUT2D eigenvalue weighted by Gasteiger charge is -2.05. The first-order chi connectivity index (χ1) is 8.69. The molecule has 0 aromatic carbocycles. The molecule has 5 nitrogen and oxygen atoms in total. The molecule has 0 saturated heterocycles. The van der Waals surface area contributed by atoms with Crippen molar-refractivity contribution >= 4 is 22.8 Å². The summed E-state index contributed by atoms with van der Waals surface area (Å²) in [6.07, 6.45) is 1.09. The maximum atomic E-state index is 11.5. The number of aryl methyl sites for hydroxylation is 1. The van der Waals surface area contributed by atoms with Crippen molar-refractivity contribution in [2.24, 2.45) is 5.73 Å². The Bertz CT molecular complexity index is 568. The first-order valence-electron chi connectivity index (χ1n) is 5.93. The fraction of sp³-hybridized carbons (Fsp3) is 0.308. The van der Waals surface area contributed by atoms with Gasteiger partial charge in [0.05, 0.1) is 0 Å². The van der Waals surface area contributed by atoms with Gasteiger partial charge in [0.2, 0.25) is 5.91 Å². The van der Waals surface area contributed by atoms with Crippen molar-refractivity contribution in [2.75, 3.05) is 11.9 Å². The van der Waals surface area contributed by atoms with E-state index in [1.165, 1.54) is 0 Å². The number of aromatic nitrogens is 2. The summed E-state index contributed by atoms with van der Waals surface area (Å²) in [5.74, 6) is 0.461. The molecule has 2 aromatic rings. The molecule has 2 rings (SSSR count). The van der Waals surface area contributed by atoms with Crippen molar-refractivity contribution in [2.45, 2.75) is 19.8 Å². The van der Waals surface area contributed by atoms with Crippen molar-refractivity contribution in [3.05, 3.63) is 30.0 Å². The highest BCUT2D eigenvalue weighted by Crippen LogP contribution is 2.14. The number of carbonyl (C=O) groups excluding carboxylic acids is 1. The van der Waals surface area contributed by atoms with Crippen LogP contribution in [0.5, 0.6) is 0 Å². The van der Waals surface area contributed by atoms with E-state index in [0.29, 0.717) is 30.9 Å². The number of amides is 1. The Morgan fingerprint density at radius 1 is 1.28 bits per heavy atom. The van der Waals surface area contributed by atoms with Gasteiger partial charge in [-0.3, -0.25) is 4.79 Å². The minimum atomic E-state index is -0.0695. The average Bonchev–Trinajstić information content (AvgIpc) is 2.36. The molecular weight excluding hydrogens is 228 g/mol. The molecule has 0 fully saturated rings. The number of fused-ring (bicyclic) bond motifs is 1. The zero-order valence-electron chi connectivity index (χ0n) is 10.3. The molecule has 18 heavy (non-hydrogen) atoms. The van der Waals surface area contributed by atoms with Crippen LogP contribution in [-0.4, -0.2) is 22.4 Å². The van der Waals surface area contributed by atoms with E-state index in [2.05, 4.69) is 15.3 Å². The molecule has 0 saturated carbocycles. The van der Waals surface area contributed by atoms with Gasteiger partial charge in [-0.2, -0.15) is 0 Å². The van der Waals surface area contributed by atoms with Gasteiger partial charge in [0.25, 0.3) is 0 Å². The molecular formula is C13H16N4O. The van der Waals surface area contributed by atoms with E-state index in [4.69, 9.17) is 5.73 Å². The van der Waals surface area contributed by atoms with E-state index < -0.39 is 0 Å². The van der Waals surface area contributed by atoms with Gasteiger partial charge >= 0.3 is 0 Å². The minimum absolute atomic E-state index is 0.0695. The van der Waals surface area contributed by atoms with E-state index in [1.54, 1.807) is 6.07 Å². The lowest BCUT2D eigenvalue weighted by atomic mass is 10.2. The molecule has 0 aliphatic heterocycles. The van der Waals surface area contributed by atoms with Crippen molar-refractivity contribution in [1.29, 1.82) is 0 Å². The third kappa shape index (κ3) is 3.01. The number of rotatable bonds is 4. The topological polar surface area (TPSA) is 80.9 Å². The average molecular weight is 244 g/mol. The lowest BCUT2D eigenvalue weighted by molar-refractivity contribution is -0.116. The second-order valence-electron chi connectivity index (χ2n) is 4.14. The Balaban J connectivity index is 2.16. The van der Waals surface area contributed by atoms with E-state index in [-0.39, 0.29) is 5.91 Å². The Morgan fingerprint density at radius 3 is 2.83 bits per heavy atom. The molecule has 2 aromatic heterocycles. The summed E-state index contributed by atoms with van der Waals surface area (Å²) in [5, 5.41) is 3.70. The zero-order valence-corrected chi connectivity index (χ0v) is 10.3. The van der Waals surface area contributed by atoms with E-state index in [1.807, 2.05) is 25.1 Å². The van der Waals surface area contributed by atoms with Crippen LogP contribution in [0.2, 0.25) is 0 Å². The van der Waals surface area contributed by atoms with Crippen LogP contribution >= 0.6 is 0 Å². The zero-order chi connectivity index (χ0) is 13.0. The highest BCUT2D eigenvalue weighted by Gasteiger charge is 2.04. The SMILES string of the molecule is Cc1ccc2ccc(NC(=O)CCCN)nc2n1. The minimum Gasteiger partial charge on any atom is -0.330 e. The number of hydrogen-bond acceptors (Lipinski definition) is 4. The summed E-state index contributed by atoms with van der Waals surface area (Å²) in [7, 11) is 0. The molecule has 0 atom stereocenters. The largest absolute Gasteiger partial charge is 0.330 e. The van der Waals surface area contributed by atoms with Crippen molar-refractivity contribution in [3.8, 4) is 0 Å². The van der Waals surface area contributed by atoms with Gasteiger partial charge in [0, 0.05) is 17.5 Å². The molecule has 0 aliphatic carbocycles. The summed E-state index contributed by atoms with van der Waals surface area (Å²) in [4.78, 5) is 20.2. The number of hydrogen-bond donors (Lipinski definition) is 2. The van der Waals surface area contributed by atoms with Gasteiger partial charge < -0.3 is 11.1 Å². The van der Waals surface area contributed by atoms with Crippen LogP contribution in [0.4, 0.5) is 5.82 Å². The van der Waals surface area contributed by atoms with Crippen molar-refractivity contribution in [3.63, 3.8) is 0 Å². The monoisotopic (exact) mass is 244 g/mol. The number of carbonyl (C=O) groups is 1. The Kier molecular flexibility index (Phi) is 3.84. The summed E-state index contributed by atoms with van der Waals surface area (Å²) in [6.45, 7) is 2.42. The summed E-state index contributed by atoms with van der Waals surface area (Å²) < 4.78 is 0. The van der Waals surface area contributed by atoms with Crippen LogP contribution in [0, 0.1) is 6.92 Å². The first kappa shape index (κ1) is 12.4. The fourth-order valence-electron chi connectivity index (χ4n) is 1.63. The smallest absolute Gasteiger partial charge is 0.225 e. The van der Waals surface area contributed by atoms with Gasteiger partial charge in [-0.1, -0.05) is 0 Å². The van der Waals surface area contributed by atoms with E-state index >= 15 is 0 Å². The molecule has 2 heterocycles. The third-order valence-electron chi connectivity index (χ3n) is 2.57. The predicted octanol–water partition coefficient (Wildman–Crippen LogP) is 1.62. The van der Waals surface area contributed by atoms with Crippen LogP contribution in [0.25, 0.3) is 11.0 Å². The van der Waals surface area contributed by atoms with Crippen LogP contribution in [0.15, 0.2) is 24.3 Å². The maximum Gasteiger partial charge on any atom is 0.225 e. The fourth-order valence-corrected chi connectivity index (χ4v) is 1.63. The number of nitrogens with zero attached hydrogens (tertiary/aromatic N) is 2. The number of anilines is 1. The van der Waals surface area contributed by atoms with Gasteiger partial charge in [-0.25, -0.2) is 9.97 Å². The van der Waals surface area contributed by atoms with Crippen LogP contribution in [-0.2, 0) is 4.79 Å². The first-order valence-corrected chi connectivity index (χ1v) is 5.93. The molecule has 5 heteroatoms. The highest BCUT2D eigenvalue weighted by molar-refractivity contribution is 5.91. The Hall–Kier alpha value is -2.01. The van der Waals surface area contributed by atoms with Crippen molar-refractivity contribution in [1.82, 2.24) is 9.97 Å². The Morgan fingerprint density at radius 2 is 2.06 bits per heavy atom. The lowest BCUT2D eigenvalue weighted by Crippen LogP contribution is -2.14. The van der Waals surface area contributed by atoms with Crippen LogP contribution < -0.4 is 11.1 Å². The predicted molar refractivity (Wildman–Crippen MR) is 71.2 cm³/mol. The quantitative estimate of drug-likeness (QED) is 0.856. The molecule has 0 radical (unpaired) electrons. The van der Waals surface area contributed by atoms with Gasteiger partial charge in [-0.15, -0.1) is 0 Å². The number of nitrogens with two attached hydrogens (primary N) is 1. The number of pyridine rings is 2. The van der Waals surface area contributed by atoms with E-state index in [0.717, 1.165) is 11.1 Å². The van der Waals surface area contributed by atoms with E-state index in [9.17, 15) is 4.79 Å². The summed E-state index contributed by atoms with van der Waals surface area (Å²) >= 11 is 0. The highest BCUT2D eigenvalue weighted by atomic mass is 16.1. The second kappa shape index (κ2) is 5.55. The molecule has 94 valence electrons. The normalized spacial score (nSPS) is 10.6. The maximum absolute atomic E-state index is 11.5. The molecule has 0 unspecified atom stereocenters. The second-order valence-corrected chi connectivity index (χ2v) is 4.14. The van der Waals surface area contributed by atoms with Gasteiger partial charge in [0.1, 0.15) is 5.82 Å². The third-order valence-corrected chi connectivity index (χ3v) is 2.57.